The molecule has 0 fully saturated rings. The van der Waals surface area contributed by atoms with Crippen molar-refractivity contribution >= 4 is 40.2 Å². The van der Waals surface area contributed by atoms with Crippen molar-refractivity contribution in [3.8, 4) is 0 Å². The lowest BCUT2D eigenvalue weighted by molar-refractivity contribution is -0.139. The molecule has 0 saturated heterocycles. The monoisotopic (exact) mass is 397 g/mol. The number of amides is 1. The van der Waals surface area contributed by atoms with Gasteiger partial charge in [0.25, 0.3) is 0 Å². The molecule has 0 aromatic heterocycles. The van der Waals surface area contributed by atoms with E-state index < -0.39 is 28.9 Å². The molecule has 4 nitrogen and oxygen atoms in total. The Morgan fingerprint density at radius 3 is 2.35 bits per heavy atom. The normalized spacial score (nSPS) is 11.2. The fourth-order valence-corrected chi connectivity index (χ4v) is 2.28. The molecular weight excluding hydrogens is 383 g/mol. The van der Waals surface area contributed by atoms with Crippen LogP contribution in [0.2, 0.25) is 0 Å². The van der Waals surface area contributed by atoms with Crippen molar-refractivity contribution in [2.75, 3.05) is 5.32 Å². The van der Waals surface area contributed by atoms with Gasteiger partial charge in [0.05, 0.1) is 12.1 Å². The molecule has 0 radical (unpaired) electrons. The third-order valence-corrected chi connectivity index (χ3v) is 3.45. The van der Waals surface area contributed by atoms with Gasteiger partial charge in [0.1, 0.15) is 0 Å². The molecule has 0 heterocycles. The summed E-state index contributed by atoms with van der Waals surface area (Å²) in [7, 11) is 0. The Morgan fingerprint density at radius 2 is 1.80 bits per heavy atom. The fourth-order valence-electron chi connectivity index (χ4n) is 1.72. The van der Waals surface area contributed by atoms with Gasteiger partial charge in [0, 0.05) is 16.1 Å². The number of carbonyl (C=O) groups excluding carboxylic acids is 1. The Hall–Kier alpha value is -1.25. The van der Waals surface area contributed by atoms with Crippen LogP contribution in [0.3, 0.4) is 0 Å². The van der Waals surface area contributed by atoms with Crippen LogP contribution in [0.1, 0.15) is 26.7 Å². The minimum Gasteiger partial charge on any atom is -0.481 e. The molecule has 0 spiro atoms. The summed E-state index contributed by atoms with van der Waals surface area (Å²) in [5.74, 6) is -3.48. The summed E-state index contributed by atoms with van der Waals surface area (Å²) in [6.07, 6.45) is -0.191. The molecule has 1 aromatic carbocycles. The van der Waals surface area contributed by atoms with E-state index in [1.165, 1.54) is 0 Å². The minimum atomic E-state index is -1.05. The third kappa shape index (κ3) is 5.03. The van der Waals surface area contributed by atoms with Gasteiger partial charge < -0.3 is 10.4 Å². The summed E-state index contributed by atoms with van der Waals surface area (Å²) >= 11 is 1.78. The number of benzene rings is 1. The zero-order valence-corrected chi connectivity index (χ0v) is 13.1. The van der Waals surface area contributed by atoms with Gasteiger partial charge in [-0.1, -0.05) is 13.8 Å². The predicted molar refractivity (Wildman–Crippen MR) is 78.4 cm³/mol. The van der Waals surface area contributed by atoms with Gasteiger partial charge in [-0.05, 0) is 34.1 Å². The number of hydrogen-bond acceptors (Lipinski definition) is 2. The third-order valence-electron chi connectivity index (χ3n) is 2.55. The number of nitrogens with one attached hydrogen (secondary N) is 1. The van der Waals surface area contributed by atoms with Crippen LogP contribution in [0.25, 0.3) is 0 Å². The summed E-state index contributed by atoms with van der Waals surface area (Å²) in [5.41, 5.74) is -0.555. The van der Waals surface area contributed by atoms with Crippen molar-refractivity contribution < 1.29 is 23.5 Å². The highest BCUT2D eigenvalue weighted by Gasteiger charge is 2.25. The molecule has 0 unspecified atom stereocenters. The number of aliphatic carboxylic acids is 1. The van der Waals surface area contributed by atoms with E-state index in [0.717, 1.165) is 12.1 Å². The van der Waals surface area contributed by atoms with Crippen molar-refractivity contribution in [1.82, 2.24) is 0 Å². The Kier molecular flexibility index (Phi) is 5.43. The van der Waals surface area contributed by atoms with Gasteiger partial charge in [-0.15, -0.1) is 0 Å². The summed E-state index contributed by atoms with van der Waals surface area (Å²) in [6.45, 7) is 3.30. The number of carboxylic acid groups (broad SMARTS) is 1. The van der Waals surface area contributed by atoms with E-state index in [0.29, 0.717) is 3.57 Å². The van der Waals surface area contributed by atoms with Crippen LogP contribution in [0.5, 0.6) is 0 Å². The van der Waals surface area contributed by atoms with E-state index in [1.807, 2.05) is 0 Å². The van der Waals surface area contributed by atoms with Crippen LogP contribution in [-0.4, -0.2) is 17.0 Å². The number of hydrogen-bond donors (Lipinski definition) is 2. The number of halogens is 3. The second kappa shape index (κ2) is 6.47. The average molecular weight is 397 g/mol. The standard InChI is InChI=1S/C13H14F2INO3/c1-13(2,6-12(19)20)5-11(18)17-10-4-8(15)7(14)3-9(10)16/h3-4H,5-6H2,1-2H3,(H,17,18)(H,19,20). The van der Waals surface area contributed by atoms with E-state index >= 15 is 0 Å². The smallest absolute Gasteiger partial charge is 0.303 e. The maximum atomic E-state index is 13.1. The van der Waals surface area contributed by atoms with Crippen molar-refractivity contribution in [3.05, 3.63) is 27.3 Å². The van der Waals surface area contributed by atoms with Gasteiger partial charge in [-0.3, -0.25) is 9.59 Å². The zero-order valence-electron chi connectivity index (χ0n) is 11.0. The van der Waals surface area contributed by atoms with Gasteiger partial charge in [-0.2, -0.15) is 0 Å². The van der Waals surface area contributed by atoms with E-state index in [-0.39, 0.29) is 18.5 Å². The van der Waals surface area contributed by atoms with E-state index in [1.54, 1.807) is 36.4 Å². The van der Waals surface area contributed by atoms with Crippen molar-refractivity contribution in [1.29, 1.82) is 0 Å². The van der Waals surface area contributed by atoms with Crippen LogP contribution < -0.4 is 5.32 Å². The van der Waals surface area contributed by atoms with Crippen LogP contribution in [0.15, 0.2) is 12.1 Å². The first-order chi connectivity index (χ1) is 9.10. The maximum absolute atomic E-state index is 13.1. The predicted octanol–water partition coefficient (Wildman–Crippen LogP) is 3.40. The van der Waals surface area contributed by atoms with E-state index in [9.17, 15) is 18.4 Å². The topological polar surface area (TPSA) is 66.4 Å². The van der Waals surface area contributed by atoms with Crippen LogP contribution in [0, 0.1) is 20.6 Å². The molecule has 20 heavy (non-hydrogen) atoms. The van der Waals surface area contributed by atoms with Crippen LogP contribution >= 0.6 is 22.6 Å². The molecule has 1 rings (SSSR count). The first-order valence-electron chi connectivity index (χ1n) is 5.77. The SMILES string of the molecule is CC(C)(CC(=O)O)CC(=O)Nc1cc(F)c(F)cc1I. The molecule has 7 heteroatoms. The van der Waals surface area contributed by atoms with Crippen LogP contribution in [0.4, 0.5) is 14.5 Å². The van der Waals surface area contributed by atoms with Crippen LogP contribution in [-0.2, 0) is 9.59 Å². The molecular formula is C13H14F2INO3. The fraction of sp³-hybridized carbons (Fsp3) is 0.385. The molecule has 2 N–H and O–H groups in total. The van der Waals surface area contributed by atoms with Gasteiger partial charge >= 0.3 is 5.97 Å². The van der Waals surface area contributed by atoms with Gasteiger partial charge in [0.15, 0.2) is 11.6 Å². The highest BCUT2D eigenvalue weighted by atomic mass is 127. The Labute approximate surface area is 128 Å². The minimum absolute atomic E-state index is 0.0334. The first-order valence-corrected chi connectivity index (χ1v) is 6.85. The van der Waals surface area contributed by atoms with Gasteiger partial charge in [-0.25, -0.2) is 8.78 Å². The van der Waals surface area contributed by atoms with Crippen molar-refractivity contribution in [2.45, 2.75) is 26.7 Å². The number of carboxylic acids is 1. The average Bonchev–Trinajstić information content (AvgIpc) is 2.22. The maximum Gasteiger partial charge on any atom is 0.303 e. The quantitative estimate of drug-likeness (QED) is 0.592. The highest BCUT2D eigenvalue weighted by Crippen LogP contribution is 2.27. The second-order valence-corrected chi connectivity index (χ2v) is 6.37. The van der Waals surface area contributed by atoms with Gasteiger partial charge in [0.2, 0.25) is 5.91 Å². The summed E-state index contributed by atoms with van der Waals surface area (Å²) in [5, 5.41) is 11.2. The van der Waals surface area contributed by atoms with Crippen molar-refractivity contribution in [3.63, 3.8) is 0 Å². The number of anilines is 1. The lowest BCUT2D eigenvalue weighted by atomic mass is 9.85. The molecule has 0 bridgehead atoms. The molecule has 0 aliphatic carbocycles. The zero-order chi connectivity index (χ0) is 15.5. The number of carbonyl (C=O) groups is 2. The summed E-state index contributed by atoms with van der Waals surface area (Å²) < 4.78 is 26.4. The van der Waals surface area contributed by atoms with E-state index in [2.05, 4.69) is 5.32 Å². The van der Waals surface area contributed by atoms with Crippen molar-refractivity contribution in [2.24, 2.45) is 5.41 Å². The molecule has 0 aliphatic heterocycles. The molecule has 1 aromatic rings. The molecule has 1 amide bonds. The first kappa shape index (κ1) is 16.8. The Bertz CT molecular complexity index is 547. The van der Waals surface area contributed by atoms with E-state index in [4.69, 9.17) is 5.11 Å². The summed E-state index contributed by atoms with van der Waals surface area (Å²) in [4.78, 5) is 22.5. The largest absolute Gasteiger partial charge is 0.481 e. The molecule has 0 aliphatic rings. The lowest BCUT2D eigenvalue weighted by Crippen LogP contribution is -2.25. The number of rotatable bonds is 5. The molecule has 0 atom stereocenters. The molecule has 110 valence electrons. The Balaban J connectivity index is 2.77. The summed E-state index contributed by atoms with van der Waals surface area (Å²) in [6, 6.07) is 1.88. The highest BCUT2D eigenvalue weighted by molar-refractivity contribution is 14.1. The lowest BCUT2D eigenvalue weighted by Gasteiger charge is -2.21. The second-order valence-electron chi connectivity index (χ2n) is 5.21. The Morgan fingerprint density at radius 1 is 1.25 bits per heavy atom. The molecule has 0 saturated carbocycles.